The summed E-state index contributed by atoms with van der Waals surface area (Å²) in [4.78, 5) is 0. The summed E-state index contributed by atoms with van der Waals surface area (Å²) in [6.45, 7) is 6.11. The molecule has 4 fully saturated rings. The molecule has 0 bridgehead atoms. The van der Waals surface area contributed by atoms with Crippen LogP contribution >= 0.6 is 0 Å². The van der Waals surface area contributed by atoms with Crippen LogP contribution in [0.5, 0.6) is 0 Å². The molecule has 0 aliphatic heterocycles. The van der Waals surface area contributed by atoms with Crippen LogP contribution in [0.2, 0.25) is 0 Å². The molecule has 5 heteroatoms. The number of hydrogen-bond acceptors (Lipinski definition) is 5. The molecule has 0 saturated heterocycles. The quantitative estimate of drug-likeness (QED) is 0.603. The second-order valence-corrected chi connectivity index (χ2v) is 11.6. The molecule has 4 aliphatic rings. The average Bonchev–Trinajstić information content (AvgIpc) is 3.36. The van der Waals surface area contributed by atoms with E-state index in [1.54, 1.807) is 12.5 Å². The third-order valence-corrected chi connectivity index (χ3v) is 10.6. The summed E-state index contributed by atoms with van der Waals surface area (Å²) in [5.41, 5.74) is 4.38. The highest BCUT2D eigenvalue weighted by molar-refractivity contribution is 5.30. The first kappa shape index (κ1) is 21.9. The van der Waals surface area contributed by atoms with Gasteiger partial charge in [-0.25, -0.2) is 0 Å². The maximum atomic E-state index is 12.3. The second kappa shape index (κ2) is 7.58. The van der Waals surface area contributed by atoms with E-state index in [0.29, 0.717) is 37.3 Å². The van der Waals surface area contributed by atoms with Crippen molar-refractivity contribution in [2.24, 2.45) is 34.3 Å². The number of nitrogens with two attached hydrogens (primary N) is 1. The van der Waals surface area contributed by atoms with Gasteiger partial charge in [-0.15, -0.1) is 0 Å². The van der Waals surface area contributed by atoms with Crippen LogP contribution in [-0.4, -0.2) is 35.1 Å². The van der Waals surface area contributed by atoms with Gasteiger partial charge in [-0.2, -0.15) is 0 Å². The van der Waals surface area contributed by atoms with E-state index in [1.807, 2.05) is 6.07 Å². The lowest BCUT2D eigenvalue weighted by atomic mass is 9.43. The zero-order valence-electron chi connectivity index (χ0n) is 19.3. The van der Waals surface area contributed by atoms with Crippen LogP contribution in [0.1, 0.15) is 83.6 Å². The first-order chi connectivity index (χ1) is 14.8. The predicted octanol–water partition coefficient (Wildman–Crippen LogP) is 4.36. The van der Waals surface area contributed by atoms with Gasteiger partial charge >= 0.3 is 0 Å². The van der Waals surface area contributed by atoms with Crippen molar-refractivity contribution in [2.75, 3.05) is 13.2 Å². The molecule has 174 valence electrons. The van der Waals surface area contributed by atoms with Crippen LogP contribution in [0.3, 0.4) is 0 Å². The summed E-state index contributed by atoms with van der Waals surface area (Å²) in [5.74, 6) is 1.47. The summed E-state index contributed by atoms with van der Waals surface area (Å²) in [5, 5.41) is 24.1. The average molecular weight is 432 g/mol. The van der Waals surface area contributed by atoms with Crippen molar-refractivity contribution in [3.05, 3.63) is 24.2 Å². The van der Waals surface area contributed by atoms with Gasteiger partial charge in [-0.1, -0.05) is 13.8 Å². The second-order valence-electron chi connectivity index (χ2n) is 11.6. The van der Waals surface area contributed by atoms with Crippen molar-refractivity contribution in [2.45, 2.75) is 95.4 Å². The Morgan fingerprint density at radius 1 is 1.06 bits per heavy atom. The van der Waals surface area contributed by atoms with Crippen molar-refractivity contribution in [1.82, 2.24) is 0 Å². The molecule has 1 aromatic rings. The van der Waals surface area contributed by atoms with Crippen LogP contribution in [-0.2, 0) is 10.3 Å². The van der Waals surface area contributed by atoms with Gasteiger partial charge in [0, 0.05) is 17.6 Å². The molecular formula is C26H41NO4. The predicted molar refractivity (Wildman–Crippen MR) is 119 cm³/mol. The van der Waals surface area contributed by atoms with E-state index in [2.05, 4.69) is 13.8 Å². The van der Waals surface area contributed by atoms with Crippen LogP contribution in [0.25, 0.3) is 0 Å². The lowest BCUT2D eigenvalue weighted by molar-refractivity contribution is -0.239. The maximum Gasteiger partial charge on any atom is 0.101 e. The first-order valence-electron chi connectivity index (χ1n) is 12.6. The van der Waals surface area contributed by atoms with Crippen molar-refractivity contribution >= 4 is 0 Å². The fourth-order valence-electron chi connectivity index (χ4n) is 8.65. The van der Waals surface area contributed by atoms with E-state index in [0.717, 1.165) is 57.1 Å². The Hall–Kier alpha value is -0.880. The molecule has 1 aromatic heterocycles. The van der Waals surface area contributed by atoms with Crippen molar-refractivity contribution < 1.29 is 19.4 Å². The van der Waals surface area contributed by atoms with Crippen molar-refractivity contribution in [1.29, 1.82) is 0 Å². The monoisotopic (exact) mass is 431 g/mol. The number of hydrogen-bond donors (Lipinski definition) is 3. The Bertz CT molecular complexity index is 782. The zero-order chi connectivity index (χ0) is 21.9. The normalized spacial score (nSPS) is 49.3. The summed E-state index contributed by atoms with van der Waals surface area (Å²) in [6.07, 6.45) is 13.6. The fraction of sp³-hybridized carbons (Fsp3) is 0.846. The van der Waals surface area contributed by atoms with Crippen LogP contribution < -0.4 is 5.73 Å². The molecule has 4 saturated carbocycles. The Balaban J connectivity index is 1.38. The van der Waals surface area contributed by atoms with E-state index in [9.17, 15) is 10.2 Å². The van der Waals surface area contributed by atoms with Crippen LogP contribution in [0.4, 0.5) is 0 Å². The third kappa shape index (κ3) is 2.96. The molecule has 0 amide bonds. The Kier molecular flexibility index (Phi) is 5.36. The Morgan fingerprint density at radius 3 is 2.65 bits per heavy atom. The standard InChI is InChI=1S/C26H41NO4/c1-23-9-6-20(31-14-3-13-27)16-18(23)4-5-22-21(23)7-10-24(2)25(28,11-12-26(22,24)29)19-8-15-30-17-19/h8,15,17-18,20-22,28-29H,3-7,9-14,16,27H2,1-2H3/t18-,20+,21+,22-,23+,24-,25+,26+/m1/s1. The molecule has 1 heterocycles. The molecule has 0 aromatic carbocycles. The molecule has 0 spiro atoms. The lowest BCUT2D eigenvalue weighted by Gasteiger charge is -2.64. The fourth-order valence-corrected chi connectivity index (χ4v) is 8.65. The molecule has 5 rings (SSSR count). The molecule has 4 aliphatic carbocycles. The summed E-state index contributed by atoms with van der Waals surface area (Å²) >= 11 is 0. The van der Waals surface area contributed by atoms with Crippen LogP contribution in [0, 0.1) is 28.6 Å². The zero-order valence-corrected chi connectivity index (χ0v) is 19.3. The van der Waals surface area contributed by atoms with Gasteiger partial charge in [0.25, 0.3) is 0 Å². The minimum absolute atomic E-state index is 0.267. The van der Waals surface area contributed by atoms with Gasteiger partial charge in [0.2, 0.25) is 0 Å². The molecule has 31 heavy (non-hydrogen) atoms. The highest BCUT2D eigenvalue weighted by Gasteiger charge is 2.72. The smallest absolute Gasteiger partial charge is 0.101 e. The van der Waals surface area contributed by atoms with Crippen molar-refractivity contribution in [3.63, 3.8) is 0 Å². The SMILES string of the molecule is C[C@]12CC[C@H](OCCCN)C[C@H]1CC[C@@H]1[C@@H]2CC[C@]2(C)[C@@](O)(c3ccoc3)CC[C@]12O. The maximum absolute atomic E-state index is 12.3. The molecule has 5 nitrogen and oxygen atoms in total. The highest BCUT2D eigenvalue weighted by Crippen LogP contribution is 2.71. The van der Waals surface area contributed by atoms with Crippen molar-refractivity contribution in [3.8, 4) is 0 Å². The number of ether oxygens (including phenoxy) is 1. The number of aliphatic hydroxyl groups is 2. The minimum atomic E-state index is -1.01. The van der Waals surface area contributed by atoms with E-state index in [-0.39, 0.29) is 11.3 Å². The van der Waals surface area contributed by atoms with Gasteiger partial charge in [-0.05, 0) is 100.0 Å². The van der Waals surface area contributed by atoms with Gasteiger partial charge in [0.15, 0.2) is 0 Å². The first-order valence-corrected chi connectivity index (χ1v) is 12.6. The third-order valence-electron chi connectivity index (χ3n) is 10.6. The van der Waals surface area contributed by atoms with Gasteiger partial charge in [0.1, 0.15) is 5.60 Å². The Labute approximate surface area is 186 Å². The van der Waals surface area contributed by atoms with Gasteiger partial charge < -0.3 is 25.1 Å². The minimum Gasteiger partial charge on any atom is -0.472 e. The largest absolute Gasteiger partial charge is 0.472 e. The van der Waals surface area contributed by atoms with E-state index in [4.69, 9.17) is 14.9 Å². The number of furan rings is 1. The number of rotatable bonds is 5. The summed E-state index contributed by atoms with van der Waals surface area (Å²) < 4.78 is 11.5. The number of fused-ring (bicyclic) bond motifs is 5. The lowest BCUT2D eigenvalue weighted by Crippen LogP contribution is -2.64. The summed E-state index contributed by atoms with van der Waals surface area (Å²) in [7, 11) is 0. The van der Waals surface area contributed by atoms with Crippen LogP contribution in [0.15, 0.2) is 23.0 Å². The van der Waals surface area contributed by atoms with Gasteiger partial charge in [-0.3, -0.25) is 0 Å². The summed E-state index contributed by atoms with van der Waals surface area (Å²) in [6, 6.07) is 1.88. The molecule has 0 unspecified atom stereocenters. The highest BCUT2D eigenvalue weighted by atomic mass is 16.5. The molecule has 4 N–H and O–H groups in total. The van der Waals surface area contributed by atoms with E-state index in [1.165, 1.54) is 6.42 Å². The van der Waals surface area contributed by atoms with Gasteiger partial charge in [0.05, 0.1) is 24.2 Å². The topological polar surface area (TPSA) is 88.9 Å². The van der Waals surface area contributed by atoms with E-state index >= 15 is 0 Å². The Morgan fingerprint density at radius 2 is 1.90 bits per heavy atom. The molecular weight excluding hydrogens is 390 g/mol. The van der Waals surface area contributed by atoms with E-state index < -0.39 is 16.6 Å². The molecule has 8 atom stereocenters. The molecule has 0 radical (unpaired) electrons.